The molecule has 2 rings (SSSR count). The topological polar surface area (TPSA) is 139 Å². The van der Waals surface area contributed by atoms with Crippen LogP contribution in [-0.4, -0.2) is 57.9 Å². The molecule has 1 aromatic heterocycles. The van der Waals surface area contributed by atoms with Crippen molar-refractivity contribution in [1.82, 2.24) is 9.55 Å². The Morgan fingerprint density at radius 3 is 2.34 bits per heavy atom. The normalized spacial score (nSPS) is 12.7. The largest absolute Gasteiger partial charge is 0.511 e. The van der Waals surface area contributed by atoms with Gasteiger partial charge in [0.25, 0.3) is 0 Å². The van der Waals surface area contributed by atoms with Crippen molar-refractivity contribution in [2.45, 2.75) is 59.6 Å². The number of hydrogen-bond acceptors (Lipinski definition) is 9. The van der Waals surface area contributed by atoms with Crippen molar-refractivity contribution in [1.29, 1.82) is 5.26 Å². The van der Waals surface area contributed by atoms with E-state index in [1.54, 1.807) is 26.8 Å². The van der Waals surface area contributed by atoms with Gasteiger partial charge in [-0.05, 0) is 32.3 Å². The van der Waals surface area contributed by atoms with Gasteiger partial charge in [0.2, 0.25) is 12.7 Å². The second kappa shape index (κ2) is 11.0. The molecular weight excluding hydrogens is 466 g/mol. The van der Waals surface area contributed by atoms with E-state index in [4.69, 9.17) is 24.4 Å². The molecule has 10 nitrogen and oxygen atoms in total. The van der Waals surface area contributed by atoms with Gasteiger partial charge in [-0.2, -0.15) is 10.3 Å². The standard InChI is InChI=1S/C23H30F2N4O6/c1-22(2,3)8-16(33-12-34-21(32)35-14(10-30)11-31)27-20-28-18-15(24)7-13(9-26)17(25)19(18)29(20)23(4,5)6/h7,14,30-31H,8,10-12H2,1-6H3/b27-16-. The molecule has 0 amide bonds. The number of aliphatic hydroxyl groups is 2. The minimum Gasteiger partial charge on any atom is -0.444 e. The van der Waals surface area contributed by atoms with E-state index in [-0.39, 0.29) is 34.7 Å². The van der Waals surface area contributed by atoms with Gasteiger partial charge in [0, 0.05) is 12.0 Å². The summed E-state index contributed by atoms with van der Waals surface area (Å²) in [6.45, 7) is 9.13. The molecule has 0 aliphatic carbocycles. The highest BCUT2D eigenvalue weighted by molar-refractivity contribution is 5.84. The van der Waals surface area contributed by atoms with Gasteiger partial charge in [0.05, 0.1) is 18.8 Å². The number of nitrogens with zero attached hydrogens (tertiary/aromatic N) is 4. The van der Waals surface area contributed by atoms with Crippen LogP contribution in [0.1, 0.15) is 53.5 Å². The van der Waals surface area contributed by atoms with Crippen LogP contribution in [0.5, 0.6) is 0 Å². The number of carbonyl (C=O) groups excluding carboxylic acids is 1. The van der Waals surface area contributed by atoms with Crippen molar-refractivity contribution in [3.8, 4) is 6.07 Å². The maximum absolute atomic E-state index is 15.1. The highest BCUT2D eigenvalue weighted by atomic mass is 19.1. The third kappa shape index (κ3) is 7.10. The molecule has 0 fully saturated rings. The first kappa shape index (κ1) is 27.9. The van der Waals surface area contributed by atoms with Crippen molar-refractivity contribution < 1.29 is 38.0 Å². The number of benzene rings is 1. The summed E-state index contributed by atoms with van der Waals surface area (Å²) in [5.41, 5.74) is -2.11. The van der Waals surface area contributed by atoms with Crippen LogP contribution < -0.4 is 0 Å². The number of halogens is 2. The van der Waals surface area contributed by atoms with Crippen LogP contribution in [0, 0.1) is 28.4 Å². The number of ether oxygens (including phenoxy) is 3. The Morgan fingerprint density at radius 2 is 1.83 bits per heavy atom. The van der Waals surface area contributed by atoms with Crippen LogP contribution in [0.2, 0.25) is 0 Å². The molecule has 0 atom stereocenters. The highest BCUT2D eigenvalue weighted by Crippen LogP contribution is 2.34. The molecule has 1 heterocycles. The number of rotatable bonds is 7. The van der Waals surface area contributed by atoms with Crippen molar-refractivity contribution >= 4 is 29.0 Å². The molecule has 0 spiro atoms. The summed E-state index contributed by atoms with van der Waals surface area (Å²) < 4.78 is 46.2. The first-order valence-corrected chi connectivity index (χ1v) is 10.8. The van der Waals surface area contributed by atoms with Crippen molar-refractivity contribution in [2.24, 2.45) is 10.4 Å². The molecule has 1 aromatic carbocycles. The van der Waals surface area contributed by atoms with Crippen LogP contribution in [0.25, 0.3) is 11.0 Å². The van der Waals surface area contributed by atoms with E-state index in [1.165, 1.54) is 4.57 Å². The van der Waals surface area contributed by atoms with E-state index in [9.17, 15) is 14.4 Å². The SMILES string of the molecule is CC(C)(C)C/C(=N/c1nc2c(F)cc(C#N)c(F)c2n1C(C)(C)C)OCOC(=O)OC(CO)CO. The number of carbonyl (C=O) groups is 1. The molecule has 0 unspecified atom stereocenters. The molecule has 12 heteroatoms. The van der Waals surface area contributed by atoms with E-state index in [0.717, 1.165) is 6.07 Å². The molecule has 192 valence electrons. The Kier molecular flexibility index (Phi) is 8.75. The van der Waals surface area contributed by atoms with Gasteiger partial charge in [0.1, 0.15) is 17.1 Å². The lowest BCUT2D eigenvalue weighted by Crippen LogP contribution is -2.27. The molecule has 0 saturated carbocycles. The summed E-state index contributed by atoms with van der Waals surface area (Å²) in [7, 11) is 0. The predicted molar refractivity (Wildman–Crippen MR) is 122 cm³/mol. The Morgan fingerprint density at radius 1 is 1.20 bits per heavy atom. The number of aliphatic hydroxyl groups excluding tert-OH is 2. The number of aromatic nitrogens is 2. The number of nitriles is 1. The second-order valence-electron chi connectivity index (χ2n) is 9.95. The summed E-state index contributed by atoms with van der Waals surface area (Å²) in [6.07, 6.45) is -2.08. The quantitative estimate of drug-likeness (QED) is 0.255. The molecule has 2 N–H and O–H groups in total. The third-order valence-electron chi connectivity index (χ3n) is 4.57. The van der Waals surface area contributed by atoms with E-state index in [1.807, 2.05) is 20.8 Å². The molecule has 35 heavy (non-hydrogen) atoms. The Bertz CT molecular complexity index is 1140. The summed E-state index contributed by atoms with van der Waals surface area (Å²) in [4.78, 5) is 20.3. The lowest BCUT2D eigenvalue weighted by atomic mass is 9.92. The maximum Gasteiger partial charge on any atom is 0.511 e. The van der Waals surface area contributed by atoms with Crippen LogP contribution in [0.15, 0.2) is 11.1 Å². The van der Waals surface area contributed by atoms with E-state index in [0.29, 0.717) is 0 Å². The van der Waals surface area contributed by atoms with Gasteiger partial charge in [-0.3, -0.25) is 0 Å². The number of aliphatic imine (C=N–C) groups is 1. The van der Waals surface area contributed by atoms with E-state index < -0.39 is 55.0 Å². The zero-order chi connectivity index (χ0) is 26.6. The van der Waals surface area contributed by atoms with E-state index >= 15 is 4.39 Å². The van der Waals surface area contributed by atoms with Crippen molar-refractivity contribution in [3.63, 3.8) is 0 Å². The van der Waals surface area contributed by atoms with Gasteiger partial charge in [0.15, 0.2) is 23.6 Å². The summed E-state index contributed by atoms with van der Waals surface area (Å²) in [5.74, 6) is -1.79. The minimum absolute atomic E-state index is 0.0632. The molecule has 0 aliphatic heterocycles. The average molecular weight is 497 g/mol. The smallest absolute Gasteiger partial charge is 0.444 e. The maximum atomic E-state index is 15.1. The average Bonchev–Trinajstić information content (AvgIpc) is 3.13. The minimum atomic E-state index is -1.18. The van der Waals surface area contributed by atoms with Crippen LogP contribution in [0.3, 0.4) is 0 Å². The fraction of sp³-hybridized carbons (Fsp3) is 0.565. The first-order chi connectivity index (χ1) is 16.2. The predicted octanol–water partition coefficient (Wildman–Crippen LogP) is 3.89. The van der Waals surface area contributed by atoms with Gasteiger partial charge < -0.3 is 29.0 Å². The Balaban J connectivity index is 2.49. The number of hydrogen-bond donors (Lipinski definition) is 2. The number of fused-ring (bicyclic) bond motifs is 1. The monoisotopic (exact) mass is 496 g/mol. The molecule has 0 bridgehead atoms. The fourth-order valence-corrected chi connectivity index (χ4v) is 3.09. The molecule has 0 aliphatic rings. The number of imidazole rings is 1. The zero-order valence-electron chi connectivity index (χ0n) is 20.6. The summed E-state index contributed by atoms with van der Waals surface area (Å²) in [5, 5.41) is 27.2. The van der Waals surface area contributed by atoms with Crippen LogP contribution in [-0.2, 0) is 19.7 Å². The van der Waals surface area contributed by atoms with E-state index in [2.05, 4.69) is 9.98 Å². The Hall–Kier alpha value is -3.30. The fourth-order valence-electron chi connectivity index (χ4n) is 3.09. The van der Waals surface area contributed by atoms with Gasteiger partial charge >= 0.3 is 6.16 Å². The first-order valence-electron chi connectivity index (χ1n) is 10.8. The molecule has 0 saturated heterocycles. The third-order valence-corrected chi connectivity index (χ3v) is 4.57. The van der Waals surface area contributed by atoms with Crippen LogP contribution >= 0.6 is 0 Å². The lowest BCUT2D eigenvalue weighted by molar-refractivity contribution is -0.0444. The molecule has 2 aromatic rings. The Labute approximate surface area is 201 Å². The van der Waals surface area contributed by atoms with Gasteiger partial charge in [-0.25, -0.2) is 18.6 Å². The van der Waals surface area contributed by atoms with Crippen molar-refractivity contribution in [2.75, 3.05) is 20.0 Å². The summed E-state index contributed by atoms with van der Waals surface area (Å²) in [6, 6.07) is 2.42. The van der Waals surface area contributed by atoms with Crippen molar-refractivity contribution in [3.05, 3.63) is 23.3 Å². The second-order valence-corrected chi connectivity index (χ2v) is 9.95. The molecule has 0 radical (unpaired) electrons. The van der Waals surface area contributed by atoms with Crippen LogP contribution in [0.4, 0.5) is 19.5 Å². The highest BCUT2D eigenvalue weighted by Gasteiger charge is 2.28. The molecular formula is C23H30F2N4O6. The summed E-state index contributed by atoms with van der Waals surface area (Å²) >= 11 is 0. The lowest BCUT2D eigenvalue weighted by Gasteiger charge is -2.24. The van der Waals surface area contributed by atoms with Gasteiger partial charge in [-0.1, -0.05) is 20.8 Å². The zero-order valence-corrected chi connectivity index (χ0v) is 20.6. The van der Waals surface area contributed by atoms with Gasteiger partial charge in [-0.15, -0.1) is 0 Å².